The van der Waals surface area contributed by atoms with Crippen molar-refractivity contribution in [1.82, 2.24) is 19.7 Å². The van der Waals surface area contributed by atoms with Crippen molar-refractivity contribution in [3.8, 4) is 0 Å². The van der Waals surface area contributed by atoms with Gasteiger partial charge in [-0.1, -0.05) is 18.2 Å². The van der Waals surface area contributed by atoms with Gasteiger partial charge < -0.3 is 14.2 Å². The lowest BCUT2D eigenvalue weighted by atomic mass is 9.94. The smallest absolute Gasteiger partial charge is 0.341 e. The van der Waals surface area contributed by atoms with Gasteiger partial charge >= 0.3 is 5.97 Å². The van der Waals surface area contributed by atoms with Crippen LogP contribution in [0.2, 0.25) is 0 Å². The van der Waals surface area contributed by atoms with Gasteiger partial charge in [-0.05, 0) is 38.7 Å². The number of hydrogen-bond donors (Lipinski definition) is 0. The van der Waals surface area contributed by atoms with Crippen molar-refractivity contribution in [3.05, 3.63) is 48.2 Å². The number of piperidine rings is 1. The summed E-state index contributed by atoms with van der Waals surface area (Å²) in [7, 11) is 0. The topological polar surface area (TPSA) is 73.1 Å². The number of benzene rings is 1. The third-order valence-electron chi connectivity index (χ3n) is 5.96. The Labute approximate surface area is 169 Å². The number of pyridine rings is 1. The molecule has 5 rings (SSSR count). The molecule has 0 unspecified atom stereocenters. The molecule has 0 atom stereocenters. The van der Waals surface area contributed by atoms with Crippen LogP contribution in [0.4, 0.5) is 5.69 Å². The Kier molecular flexibility index (Phi) is 4.66. The summed E-state index contributed by atoms with van der Waals surface area (Å²) in [5.41, 5.74) is 2.38. The van der Waals surface area contributed by atoms with E-state index in [1.165, 1.54) is 12.8 Å². The van der Waals surface area contributed by atoms with Crippen LogP contribution < -0.4 is 4.90 Å². The van der Waals surface area contributed by atoms with E-state index in [2.05, 4.69) is 24.6 Å². The molecule has 1 aliphatic carbocycles. The van der Waals surface area contributed by atoms with Crippen LogP contribution >= 0.6 is 0 Å². The maximum Gasteiger partial charge on any atom is 0.341 e. The van der Waals surface area contributed by atoms with Crippen molar-refractivity contribution in [3.63, 3.8) is 0 Å². The van der Waals surface area contributed by atoms with Gasteiger partial charge in [0, 0.05) is 36.6 Å². The quantitative estimate of drug-likeness (QED) is 0.617. The third kappa shape index (κ3) is 3.34. The maximum atomic E-state index is 12.6. The Morgan fingerprint density at radius 3 is 2.72 bits per heavy atom. The van der Waals surface area contributed by atoms with Gasteiger partial charge in [-0.2, -0.15) is 0 Å². The standard InChI is InChI=1S/C22H25N5O2/c1-2-29-22(28)18-13-23-19-6-4-3-5-17(19)20(18)26-11-9-15(10-12-26)21-25-24-14-27(21)16-7-8-16/h3-6,13-16H,2,7-12H2,1H3. The van der Waals surface area contributed by atoms with Gasteiger partial charge in [-0.15, -0.1) is 10.2 Å². The molecule has 0 N–H and O–H groups in total. The SMILES string of the molecule is CCOC(=O)c1cnc2ccccc2c1N1CCC(c2nncn2C2CC2)CC1. The Balaban J connectivity index is 1.44. The fourth-order valence-corrected chi connectivity index (χ4v) is 4.36. The van der Waals surface area contributed by atoms with Crippen LogP contribution in [0.3, 0.4) is 0 Å². The van der Waals surface area contributed by atoms with Crippen molar-refractivity contribution in [1.29, 1.82) is 0 Å². The Bertz CT molecular complexity index is 1030. The van der Waals surface area contributed by atoms with Gasteiger partial charge in [0.05, 0.1) is 17.8 Å². The van der Waals surface area contributed by atoms with Gasteiger partial charge in [-0.3, -0.25) is 4.98 Å². The van der Waals surface area contributed by atoms with Crippen LogP contribution in [-0.4, -0.2) is 45.4 Å². The number of ether oxygens (including phenoxy) is 1. The molecule has 0 spiro atoms. The number of para-hydroxylation sites is 1. The van der Waals surface area contributed by atoms with Crippen molar-refractivity contribution >= 4 is 22.6 Å². The average Bonchev–Trinajstić information content (AvgIpc) is 3.49. The van der Waals surface area contributed by atoms with Gasteiger partial charge in [0.2, 0.25) is 0 Å². The van der Waals surface area contributed by atoms with Crippen molar-refractivity contribution in [2.24, 2.45) is 0 Å². The summed E-state index contributed by atoms with van der Waals surface area (Å²) in [6, 6.07) is 8.58. The van der Waals surface area contributed by atoms with Crippen molar-refractivity contribution in [2.45, 2.75) is 44.6 Å². The van der Waals surface area contributed by atoms with Crippen LogP contribution in [0.15, 0.2) is 36.8 Å². The molecule has 7 heteroatoms. The fourth-order valence-electron chi connectivity index (χ4n) is 4.36. The second-order valence-corrected chi connectivity index (χ2v) is 7.85. The summed E-state index contributed by atoms with van der Waals surface area (Å²) in [6.07, 6.45) is 7.99. The first-order chi connectivity index (χ1) is 14.3. The minimum absolute atomic E-state index is 0.309. The molecular formula is C22H25N5O2. The molecule has 1 aromatic carbocycles. The van der Waals surface area contributed by atoms with E-state index in [9.17, 15) is 4.79 Å². The number of hydrogen-bond acceptors (Lipinski definition) is 6. The molecule has 0 bridgehead atoms. The Hall–Kier alpha value is -2.96. The van der Waals surface area contributed by atoms with Crippen molar-refractivity contribution < 1.29 is 9.53 Å². The van der Waals surface area contributed by atoms with Crippen molar-refractivity contribution in [2.75, 3.05) is 24.6 Å². The summed E-state index contributed by atoms with van der Waals surface area (Å²) in [5, 5.41) is 9.59. The normalized spacial score (nSPS) is 17.6. The highest BCUT2D eigenvalue weighted by Crippen LogP contribution is 2.40. The van der Waals surface area contributed by atoms with E-state index in [-0.39, 0.29) is 5.97 Å². The van der Waals surface area contributed by atoms with Crippen LogP contribution in [0, 0.1) is 0 Å². The minimum atomic E-state index is -0.309. The summed E-state index contributed by atoms with van der Waals surface area (Å²) >= 11 is 0. The first-order valence-corrected chi connectivity index (χ1v) is 10.5. The van der Waals surface area contributed by atoms with Gasteiger partial charge in [0.1, 0.15) is 17.7 Å². The molecule has 1 saturated heterocycles. The molecule has 0 amide bonds. The lowest BCUT2D eigenvalue weighted by Gasteiger charge is -2.34. The summed E-state index contributed by atoms with van der Waals surface area (Å²) in [4.78, 5) is 19.4. The van der Waals surface area contributed by atoms with Gasteiger partial charge in [0.15, 0.2) is 0 Å². The Morgan fingerprint density at radius 2 is 1.97 bits per heavy atom. The number of carbonyl (C=O) groups excluding carboxylic acids is 1. The number of aromatic nitrogens is 4. The van der Waals surface area contributed by atoms with Crippen LogP contribution in [0.25, 0.3) is 10.9 Å². The number of carbonyl (C=O) groups is 1. The van der Waals surface area contributed by atoms with E-state index in [0.717, 1.165) is 48.3 Å². The second kappa shape index (κ2) is 7.46. The monoisotopic (exact) mass is 391 g/mol. The first-order valence-electron chi connectivity index (χ1n) is 10.5. The highest BCUT2D eigenvalue weighted by Gasteiger charge is 2.32. The predicted molar refractivity (Wildman–Crippen MR) is 110 cm³/mol. The molecule has 3 heterocycles. The molecule has 3 aromatic rings. The third-order valence-corrected chi connectivity index (χ3v) is 5.96. The molecule has 2 aromatic heterocycles. The van der Waals surface area contributed by atoms with Crippen LogP contribution in [0.5, 0.6) is 0 Å². The summed E-state index contributed by atoms with van der Waals surface area (Å²) in [6.45, 7) is 3.91. The molecule has 2 aliphatic rings. The largest absolute Gasteiger partial charge is 0.462 e. The van der Waals surface area contributed by atoms with Crippen LogP contribution in [-0.2, 0) is 4.74 Å². The van der Waals surface area contributed by atoms with E-state index in [0.29, 0.717) is 24.1 Å². The lowest BCUT2D eigenvalue weighted by molar-refractivity contribution is 0.0526. The molecule has 1 saturated carbocycles. The number of rotatable bonds is 5. The Morgan fingerprint density at radius 1 is 1.17 bits per heavy atom. The van der Waals surface area contributed by atoms with E-state index in [1.54, 1.807) is 6.20 Å². The zero-order valence-electron chi connectivity index (χ0n) is 16.6. The zero-order chi connectivity index (χ0) is 19.8. The predicted octanol–water partition coefficient (Wildman–Crippen LogP) is 3.72. The molecule has 0 radical (unpaired) electrons. The fraction of sp³-hybridized carbons (Fsp3) is 0.455. The second-order valence-electron chi connectivity index (χ2n) is 7.85. The molecule has 29 heavy (non-hydrogen) atoms. The first kappa shape index (κ1) is 18.1. The highest BCUT2D eigenvalue weighted by molar-refractivity contribution is 6.05. The van der Waals surface area contributed by atoms with Gasteiger partial charge in [-0.25, -0.2) is 4.79 Å². The maximum absolute atomic E-state index is 12.6. The van der Waals surface area contributed by atoms with E-state index < -0.39 is 0 Å². The lowest BCUT2D eigenvalue weighted by Crippen LogP contribution is -2.35. The minimum Gasteiger partial charge on any atom is -0.462 e. The molecule has 7 nitrogen and oxygen atoms in total. The van der Waals surface area contributed by atoms with Gasteiger partial charge in [0.25, 0.3) is 0 Å². The summed E-state index contributed by atoms with van der Waals surface area (Å²) in [5.74, 6) is 1.22. The molecule has 1 aliphatic heterocycles. The zero-order valence-corrected chi connectivity index (χ0v) is 16.6. The molecular weight excluding hydrogens is 366 g/mol. The van der Waals surface area contributed by atoms with E-state index >= 15 is 0 Å². The number of anilines is 1. The number of fused-ring (bicyclic) bond motifs is 1. The van der Waals surface area contributed by atoms with Crippen LogP contribution in [0.1, 0.15) is 60.7 Å². The number of nitrogens with zero attached hydrogens (tertiary/aromatic N) is 5. The molecule has 150 valence electrons. The van der Waals surface area contributed by atoms with E-state index in [1.807, 2.05) is 37.5 Å². The highest BCUT2D eigenvalue weighted by atomic mass is 16.5. The van der Waals surface area contributed by atoms with E-state index in [4.69, 9.17) is 4.74 Å². The number of esters is 1. The summed E-state index contributed by atoms with van der Waals surface area (Å²) < 4.78 is 7.58. The average molecular weight is 391 g/mol. The molecule has 2 fully saturated rings.